The zero-order valence-corrected chi connectivity index (χ0v) is 15.9. The second kappa shape index (κ2) is 6.99. The Bertz CT molecular complexity index is 954. The van der Waals surface area contributed by atoms with Gasteiger partial charge in [-0.25, -0.2) is 8.42 Å². The van der Waals surface area contributed by atoms with Gasteiger partial charge < -0.3 is 9.64 Å². The average Bonchev–Trinajstić information content (AvgIpc) is 2.60. The van der Waals surface area contributed by atoms with Crippen LogP contribution < -0.4 is 14.4 Å². The molecule has 1 amide bonds. The highest BCUT2D eigenvalue weighted by Gasteiger charge is 2.26. The summed E-state index contributed by atoms with van der Waals surface area (Å²) in [6.45, 7) is 6.00. The lowest BCUT2D eigenvalue weighted by atomic mass is 10.1. The quantitative estimate of drug-likeness (QED) is 0.892. The molecule has 0 saturated carbocycles. The second-order valence-electron chi connectivity index (χ2n) is 6.26. The molecular formula is C19H22N2O4S. The number of amides is 1. The van der Waals surface area contributed by atoms with E-state index in [4.69, 9.17) is 4.74 Å². The van der Waals surface area contributed by atoms with Gasteiger partial charge in [-0.1, -0.05) is 19.1 Å². The summed E-state index contributed by atoms with van der Waals surface area (Å²) in [5.74, 6) is 0.304. The van der Waals surface area contributed by atoms with Gasteiger partial charge in [0.15, 0.2) is 0 Å². The maximum absolute atomic E-state index is 12.9. The zero-order valence-electron chi connectivity index (χ0n) is 15.1. The van der Waals surface area contributed by atoms with Gasteiger partial charge in [-0.2, -0.15) is 0 Å². The van der Waals surface area contributed by atoms with E-state index in [0.29, 0.717) is 35.8 Å². The summed E-state index contributed by atoms with van der Waals surface area (Å²) in [4.78, 5) is 13.5. The molecule has 3 rings (SSSR count). The first-order valence-electron chi connectivity index (χ1n) is 8.49. The van der Waals surface area contributed by atoms with Gasteiger partial charge >= 0.3 is 0 Å². The maximum Gasteiger partial charge on any atom is 0.262 e. The fourth-order valence-electron chi connectivity index (χ4n) is 3.03. The van der Waals surface area contributed by atoms with Crippen LogP contribution in [-0.2, 0) is 21.2 Å². The van der Waals surface area contributed by atoms with Crippen molar-refractivity contribution in [3.05, 3.63) is 47.5 Å². The minimum absolute atomic E-state index is 0.0981. The molecule has 0 fully saturated rings. The number of carbonyl (C=O) groups excluding carboxylic acids is 1. The van der Waals surface area contributed by atoms with Gasteiger partial charge in [0.2, 0.25) is 5.91 Å². The highest BCUT2D eigenvalue weighted by Crippen LogP contribution is 2.36. The van der Waals surface area contributed by atoms with E-state index in [9.17, 15) is 13.2 Å². The van der Waals surface area contributed by atoms with Gasteiger partial charge in [0.1, 0.15) is 12.4 Å². The first-order valence-corrected chi connectivity index (χ1v) is 9.97. The maximum atomic E-state index is 12.9. The van der Waals surface area contributed by atoms with Crippen molar-refractivity contribution in [2.24, 2.45) is 0 Å². The van der Waals surface area contributed by atoms with E-state index >= 15 is 0 Å². The number of carbonyl (C=O) groups is 1. The summed E-state index contributed by atoms with van der Waals surface area (Å²) in [6, 6.07) is 10.5. The molecule has 138 valence electrons. The van der Waals surface area contributed by atoms with E-state index in [2.05, 4.69) is 4.72 Å². The van der Waals surface area contributed by atoms with Gasteiger partial charge in [-0.15, -0.1) is 0 Å². The molecule has 0 saturated heterocycles. The van der Waals surface area contributed by atoms with Crippen LogP contribution in [0.5, 0.6) is 5.75 Å². The molecule has 2 aromatic carbocycles. The third-order valence-electron chi connectivity index (χ3n) is 4.38. The van der Waals surface area contributed by atoms with E-state index in [0.717, 1.165) is 12.0 Å². The first kappa shape index (κ1) is 18.3. The standard InChI is InChI=1S/C19H22N2O4S/c1-4-15-6-5-7-16(11-15)20-26(23,24)19-12-18-17(10-13(19)2)21(14(3)22)8-9-25-18/h5-7,10-12,20H,4,8-9H2,1-3H3. The Labute approximate surface area is 153 Å². The van der Waals surface area contributed by atoms with Crippen LogP contribution >= 0.6 is 0 Å². The smallest absolute Gasteiger partial charge is 0.262 e. The number of benzene rings is 2. The molecule has 0 unspecified atom stereocenters. The fraction of sp³-hybridized carbons (Fsp3) is 0.316. The normalized spacial score (nSPS) is 13.7. The van der Waals surface area contributed by atoms with Crippen LogP contribution in [0.1, 0.15) is 25.0 Å². The van der Waals surface area contributed by atoms with Crippen molar-refractivity contribution in [2.75, 3.05) is 22.8 Å². The minimum atomic E-state index is -3.77. The van der Waals surface area contributed by atoms with Crippen LogP contribution in [0.15, 0.2) is 41.3 Å². The van der Waals surface area contributed by atoms with Crippen LogP contribution in [0, 0.1) is 6.92 Å². The van der Waals surface area contributed by atoms with Crippen LogP contribution in [0.2, 0.25) is 0 Å². The Kier molecular flexibility index (Phi) is 4.91. The van der Waals surface area contributed by atoms with Crippen LogP contribution in [0.25, 0.3) is 0 Å². The molecular weight excluding hydrogens is 352 g/mol. The molecule has 1 aliphatic heterocycles. The van der Waals surface area contributed by atoms with Crippen molar-refractivity contribution < 1.29 is 17.9 Å². The zero-order chi connectivity index (χ0) is 18.9. The molecule has 1 heterocycles. The second-order valence-corrected chi connectivity index (χ2v) is 7.91. The Balaban J connectivity index is 1.99. The summed E-state index contributed by atoms with van der Waals surface area (Å²) in [5.41, 5.74) is 2.73. The molecule has 0 aliphatic carbocycles. The lowest BCUT2D eigenvalue weighted by Crippen LogP contribution is -2.36. The van der Waals surface area contributed by atoms with Gasteiger partial charge in [-0.3, -0.25) is 9.52 Å². The Morgan fingerprint density at radius 3 is 2.73 bits per heavy atom. The Morgan fingerprint density at radius 2 is 2.04 bits per heavy atom. The van der Waals surface area contributed by atoms with Crippen LogP contribution in [0.3, 0.4) is 0 Å². The number of fused-ring (bicyclic) bond motifs is 1. The van der Waals surface area contributed by atoms with Gasteiger partial charge in [-0.05, 0) is 42.7 Å². The monoisotopic (exact) mass is 374 g/mol. The molecule has 1 N–H and O–H groups in total. The number of hydrogen-bond donors (Lipinski definition) is 1. The molecule has 26 heavy (non-hydrogen) atoms. The molecule has 2 aromatic rings. The van der Waals surface area contributed by atoms with Gasteiger partial charge in [0.25, 0.3) is 10.0 Å². The number of aryl methyl sites for hydroxylation is 2. The SMILES string of the molecule is CCc1cccc(NS(=O)(=O)c2cc3c(cc2C)N(C(C)=O)CCO3)c1. The molecule has 0 bridgehead atoms. The molecule has 0 aromatic heterocycles. The third kappa shape index (κ3) is 3.53. The summed E-state index contributed by atoms with van der Waals surface area (Å²) in [6.07, 6.45) is 0.822. The van der Waals surface area contributed by atoms with Crippen molar-refractivity contribution >= 4 is 27.3 Å². The lowest BCUT2D eigenvalue weighted by molar-refractivity contribution is -0.116. The summed E-state index contributed by atoms with van der Waals surface area (Å²) in [5, 5.41) is 0. The summed E-state index contributed by atoms with van der Waals surface area (Å²) >= 11 is 0. The van der Waals surface area contributed by atoms with E-state index in [-0.39, 0.29) is 10.8 Å². The Hall–Kier alpha value is -2.54. The molecule has 0 atom stereocenters. The van der Waals surface area contributed by atoms with Crippen molar-refractivity contribution in [3.63, 3.8) is 0 Å². The van der Waals surface area contributed by atoms with Gasteiger partial charge in [0.05, 0.1) is 17.1 Å². The topological polar surface area (TPSA) is 75.7 Å². The number of sulfonamides is 1. The molecule has 7 heteroatoms. The highest BCUT2D eigenvalue weighted by molar-refractivity contribution is 7.92. The molecule has 6 nitrogen and oxygen atoms in total. The summed E-state index contributed by atoms with van der Waals surface area (Å²) in [7, 11) is -3.77. The van der Waals surface area contributed by atoms with Crippen molar-refractivity contribution in [1.82, 2.24) is 0 Å². The molecule has 0 spiro atoms. The van der Waals surface area contributed by atoms with E-state index in [1.165, 1.54) is 13.0 Å². The number of rotatable bonds is 4. The fourth-order valence-corrected chi connectivity index (χ4v) is 4.32. The average molecular weight is 374 g/mol. The van der Waals surface area contributed by atoms with Crippen molar-refractivity contribution in [3.8, 4) is 5.75 Å². The Morgan fingerprint density at radius 1 is 1.27 bits per heavy atom. The van der Waals surface area contributed by atoms with Crippen molar-refractivity contribution in [2.45, 2.75) is 32.1 Å². The van der Waals surface area contributed by atoms with E-state index < -0.39 is 10.0 Å². The van der Waals surface area contributed by atoms with Crippen molar-refractivity contribution in [1.29, 1.82) is 0 Å². The van der Waals surface area contributed by atoms with E-state index in [1.807, 2.05) is 25.1 Å². The third-order valence-corrected chi connectivity index (χ3v) is 5.90. The predicted octanol–water partition coefficient (Wildman–Crippen LogP) is 3.10. The van der Waals surface area contributed by atoms with Gasteiger partial charge in [0, 0.05) is 18.7 Å². The lowest BCUT2D eigenvalue weighted by Gasteiger charge is -2.29. The molecule has 0 radical (unpaired) electrons. The molecule has 1 aliphatic rings. The summed E-state index contributed by atoms with van der Waals surface area (Å²) < 4.78 is 34.0. The first-order chi connectivity index (χ1) is 12.3. The largest absolute Gasteiger partial charge is 0.489 e. The highest BCUT2D eigenvalue weighted by atomic mass is 32.2. The van der Waals surface area contributed by atoms with Crippen LogP contribution in [0.4, 0.5) is 11.4 Å². The number of ether oxygens (including phenoxy) is 1. The number of anilines is 2. The predicted molar refractivity (Wildman–Crippen MR) is 101 cm³/mol. The number of nitrogens with zero attached hydrogens (tertiary/aromatic N) is 1. The van der Waals surface area contributed by atoms with E-state index in [1.54, 1.807) is 24.0 Å². The number of nitrogens with one attached hydrogen (secondary N) is 1. The van der Waals surface area contributed by atoms with Crippen LogP contribution in [-0.4, -0.2) is 27.5 Å². The number of hydrogen-bond acceptors (Lipinski definition) is 4. The minimum Gasteiger partial charge on any atom is -0.489 e.